The Hall–Kier alpha value is -1.79. The van der Waals surface area contributed by atoms with E-state index in [2.05, 4.69) is 4.98 Å². The normalized spacial score (nSPS) is 20.2. The summed E-state index contributed by atoms with van der Waals surface area (Å²) in [7, 11) is 0. The second kappa shape index (κ2) is 6.37. The first-order valence-corrected chi connectivity index (χ1v) is 7.93. The molecule has 7 heteroatoms. The van der Waals surface area contributed by atoms with Crippen LogP contribution in [0.3, 0.4) is 0 Å². The molecule has 3 rings (SSSR count). The van der Waals surface area contributed by atoms with Crippen molar-refractivity contribution >= 4 is 5.91 Å². The van der Waals surface area contributed by atoms with Crippen molar-refractivity contribution < 1.29 is 22.7 Å². The van der Waals surface area contributed by atoms with Crippen molar-refractivity contribution in [3.63, 3.8) is 0 Å². The van der Waals surface area contributed by atoms with Gasteiger partial charge in [-0.2, -0.15) is 13.2 Å². The molecule has 1 aromatic heterocycles. The highest BCUT2D eigenvalue weighted by molar-refractivity contribution is 5.79. The lowest BCUT2D eigenvalue weighted by Gasteiger charge is -2.41. The topological polar surface area (TPSA) is 42.4 Å². The summed E-state index contributed by atoms with van der Waals surface area (Å²) in [5.74, 6) is -0.221. The third-order valence-electron chi connectivity index (χ3n) is 4.47. The van der Waals surface area contributed by atoms with E-state index < -0.39 is 23.7 Å². The maximum Gasteiger partial charge on any atom is 0.421 e. The molecule has 0 N–H and O–H groups in total. The number of aromatic nitrogens is 1. The van der Waals surface area contributed by atoms with Gasteiger partial charge >= 0.3 is 6.18 Å². The Bertz CT molecular complexity index is 565. The van der Waals surface area contributed by atoms with Gasteiger partial charge in [0.15, 0.2) is 0 Å². The predicted octanol–water partition coefficient (Wildman–Crippen LogP) is 3.27. The van der Waals surface area contributed by atoms with Gasteiger partial charge in [0.25, 0.3) is 0 Å². The minimum Gasteiger partial charge on any atom is -0.470 e. The van der Waals surface area contributed by atoms with Crippen LogP contribution in [0.4, 0.5) is 13.2 Å². The van der Waals surface area contributed by atoms with E-state index in [-0.39, 0.29) is 11.8 Å². The molecule has 2 fully saturated rings. The van der Waals surface area contributed by atoms with Gasteiger partial charge in [-0.3, -0.25) is 4.79 Å². The number of alkyl halides is 3. The lowest BCUT2D eigenvalue weighted by Crippen LogP contribution is -2.57. The second-order valence-electron chi connectivity index (χ2n) is 6.17. The van der Waals surface area contributed by atoms with Gasteiger partial charge in [-0.05, 0) is 25.0 Å². The third kappa shape index (κ3) is 3.59. The molecule has 4 nitrogen and oxygen atoms in total. The predicted molar refractivity (Wildman–Crippen MR) is 76.8 cm³/mol. The van der Waals surface area contributed by atoms with Crippen molar-refractivity contribution in [2.75, 3.05) is 13.1 Å². The lowest BCUT2D eigenvalue weighted by atomic mass is 9.87. The van der Waals surface area contributed by atoms with Gasteiger partial charge in [0.2, 0.25) is 11.8 Å². The molecule has 0 unspecified atom stereocenters. The van der Waals surface area contributed by atoms with Gasteiger partial charge in [-0.15, -0.1) is 0 Å². The molecule has 0 spiro atoms. The summed E-state index contributed by atoms with van der Waals surface area (Å²) >= 11 is 0. The minimum absolute atomic E-state index is 0.0743. The van der Waals surface area contributed by atoms with Crippen LogP contribution in [0.2, 0.25) is 0 Å². The highest BCUT2D eigenvalue weighted by Crippen LogP contribution is 2.35. The first-order valence-electron chi connectivity index (χ1n) is 7.93. The van der Waals surface area contributed by atoms with Gasteiger partial charge in [-0.25, -0.2) is 4.98 Å². The fourth-order valence-corrected chi connectivity index (χ4v) is 3.16. The van der Waals surface area contributed by atoms with E-state index in [9.17, 15) is 18.0 Å². The number of ether oxygens (including phenoxy) is 1. The van der Waals surface area contributed by atoms with E-state index in [1.165, 1.54) is 18.7 Å². The van der Waals surface area contributed by atoms with Gasteiger partial charge in [0.1, 0.15) is 11.7 Å². The lowest BCUT2D eigenvalue weighted by molar-refractivity contribution is -0.148. The first-order chi connectivity index (χ1) is 10.9. The van der Waals surface area contributed by atoms with Crippen molar-refractivity contribution in [3.8, 4) is 5.88 Å². The Balaban J connectivity index is 1.55. The second-order valence-corrected chi connectivity index (χ2v) is 6.17. The third-order valence-corrected chi connectivity index (χ3v) is 4.47. The molecular weight excluding hydrogens is 309 g/mol. The number of pyridine rings is 1. The number of carbonyl (C=O) groups is 1. The highest BCUT2D eigenvalue weighted by atomic mass is 19.4. The molecule has 1 aromatic rings. The van der Waals surface area contributed by atoms with Crippen molar-refractivity contribution in [2.24, 2.45) is 5.92 Å². The molecule has 2 aliphatic rings. The first kappa shape index (κ1) is 16.1. The highest BCUT2D eigenvalue weighted by Gasteiger charge is 2.39. The summed E-state index contributed by atoms with van der Waals surface area (Å²) in [6.45, 7) is 0.673. The molecule has 1 saturated carbocycles. The number of carbonyl (C=O) groups excluding carboxylic acids is 1. The van der Waals surface area contributed by atoms with Crippen LogP contribution in [0.5, 0.6) is 5.88 Å². The quantitative estimate of drug-likeness (QED) is 0.855. The number of likely N-dealkylation sites (tertiary alicyclic amines) is 1. The molecule has 1 aliphatic heterocycles. The van der Waals surface area contributed by atoms with Crippen LogP contribution < -0.4 is 4.74 Å². The molecule has 2 heterocycles. The Kier molecular flexibility index (Phi) is 4.46. The number of halogens is 3. The van der Waals surface area contributed by atoms with Gasteiger partial charge < -0.3 is 9.64 Å². The monoisotopic (exact) mass is 328 g/mol. The molecule has 0 radical (unpaired) electrons. The fraction of sp³-hybridized carbons (Fsp3) is 0.625. The Labute approximate surface area is 132 Å². The van der Waals surface area contributed by atoms with Crippen LogP contribution in [0.25, 0.3) is 0 Å². The van der Waals surface area contributed by atoms with Crippen LogP contribution >= 0.6 is 0 Å². The van der Waals surface area contributed by atoms with Crippen LogP contribution in [-0.2, 0) is 11.0 Å². The number of nitrogens with zero attached hydrogens (tertiary/aromatic N) is 2. The standard InChI is InChI=1S/C16H19F3N2O2/c17-16(18,19)13-7-4-8-20-14(13)23-12-9-21(10-12)15(22)11-5-2-1-3-6-11/h4,7-8,11-12H,1-3,5-6,9-10H2. The maximum absolute atomic E-state index is 12.9. The SMILES string of the molecule is O=C(C1CCCCC1)N1CC(Oc2ncccc2C(F)(F)F)C1. The zero-order valence-electron chi connectivity index (χ0n) is 12.7. The van der Waals surface area contributed by atoms with E-state index in [1.54, 1.807) is 4.90 Å². The molecule has 1 saturated heterocycles. The molecule has 0 atom stereocenters. The summed E-state index contributed by atoms with van der Waals surface area (Å²) in [6, 6.07) is 2.18. The molecule has 0 bridgehead atoms. The number of amides is 1. The molecule has 0 aromatic carbocycles. The van der Waals surface area contributed by atoms with E-state index in [0.717, 1.165) is 31.7 Å². The Morgan fingerprint density at radius 1 is 1.22 bits per heavy atom. The average Bonchev–Trinajstić information content (AvgIpc) is 2.50. The zero-order chi connectivity index (χ0) is 16.4. The van der Waals surface area contributed by atoms with Crippen LogP contribution in [0, 0.1) is 5.92 Å². The van der Waals surface area contributed by atoms with Crippen LogP contribution in [0.1, 0.15) is 37.7 Å². The average molecular weight is 328 g/mol. The number of rotatable bonds is 3. The minimum atomic E-state index is -4.50. The van der Waals surface area contributed by atoms with E-state index in [1.807, 2.05) is 0 Å². The van der Waals surface area contributed by atoms with Gasteiger partial charge in [0, 0.05) is 12.1 Å². The summed E-state index contributed by atoms with van der Waals surface area (Å²) in [4.78, 5) is 17.6. The summed E-state index contributed by atoms with van der Waals surface area (Å²) in [5, 5.41) is 0. The molecule has 1 amide bonds. The van der Waals surface area contributed by atoms with Gasteiger partial charge in [0.05, 0.1) is 13.1 Å². The van der Waals surface area contributed by atoms with Crippen molar-refractivity contribution in [3.05, 3.63) is 23.9 Å². The van der Waals surface area contributed by atoms with E-state index >= 15 is 0 Å². The zero-order valence-corrected chi connectivity index (χ0v) is 12.7. The molecular formula is C16H19F3N2O2. The van der Waals surface area contributed by atoms with Gasteiger partial charge in [-0.1, -0.05) is 19.3 Å². The number of hydrogen-bond donors (Lipinski definition) is 0. The maximum atomic E-state index is 12.9. The summed E-state index contributed by atoms with van der Waals surface area (Å²) < 4.78 is 44.0. The van der Waals surface area contributed by atoms with Crippen LogP contribution in [0.15, 0.2) is 18.3 Å². The summed E-state index contributed by atoms with van der Waals surface area (Å²) in [5.41, 5.74) is -0.878. The van der Waals surface area contributed by atoms with Crippen molar-refractivity contribution in [1.82, 2.24) is 9.88 Å². The fourth-order valence-electron chi connectivity index (χ4n) is 3.16. The van der Waals surface area contributed by atoms with Crippen LogP contribution in [-0.4, -0.2) is 35.0 Å². The van der Waals surface area contributed by atoms with E-state index in [0.29, 0.717) is 13.1 Å². The van der Waals surface area contributed by atoms with Crippen molar-refractivity contribution in [2.45, 2.75) is 44.4 Å². The van der Waals surface area contributed by atoms with E-state index in [4.69, 9.17) is 4.74 Å². The van der Waals surface area contributed by atoms with Crippen molar-refractivity contribution in [1.29, 1.82) is 0 Å². The number of hydrogen-bond acceptors (Lipinski definition) is 3. The largest absolute Gasteiger partial charge is 0.470 e. The Morgan fingerprint density at radius 2 is 1.91 bits per heavy atom. The molecule has 1 aliphatic carbocycles. The summed E-state index contributed by atoms with van der Waals surface area (Å²) in [6.07, 6.45) is 1.52. The molecule has 126 valence electrons. The Morgan fingerprint density at radius 3 is 2.57 bits per heavy atom. The smallest absolute Gasteiger partial charge is 0.421 e. The molecule has 23 heavy (non-hydrogen) atoms.